The van der Waals surface area contributed by atoms with Crippen LogP contribution in [0.1, 0.15) is 36.9 Å². The zero-order valence-corrected chi connectivity index (χ0v) is 21.4. The molecule has 5 rings (SSSR count). The maximum atomic E-state index is 12.9. The SMILES string of the molecule is Cc1ncoc1-c1nnc(SCCCCN2CCC3CCN(c4ccc(C(F)(F)F)cc4)C3C2)n1C. The molecule has 194 valence electrons. The van der Waals surface area contributed by atoms with Crippen molar-refractivity contribution < 1.29 is 17.6 Å². The molecule has 2 fully saturated rings. The second-order valence-corrected chi connectivity index (χ2v) is 10.7. The van der Waals surface area contributed by atoms with E-state index in [4.69, 9.17) is 4.42 Å². The van der Waals surface area contributed by atoms with Crippen LogP contribution in [0.3, 0.4) is 0 Å². The van der Waals surface area contributed by atoms with Gasteiger partial charge in [-0.25, -0.2) is 4.98 Å². The molecule has 2 aromatic heterocycles. The van der Waals surface area contributed by atoms with Gasteiger partial charge in [0.25, 0.3) is 0 Å². The molecule has 1 aromatic carbocycles. The van der Waals surface area contributed by atoms with Crippen molar-refractivity contribution >= 4 is 17.4 Å². The summed E-state index contributed by atoms with van der Waals surface area (Å²) >= 11 is 1.69. The van der Waals surface area contributed by atoms with E-state index < -0.39 is 11.7 Å². The molecule has 0 spiro atoms. The Morgan fingerprint density at radius 2 is 1.86 bits per heavy atom. The quantitative estimate of drug-likeness (QED) is 0.296. The Kier molecular flexibility index (Phi) is 7.30. The average Bonchev–Trinajstić information content (AvgIpc) is 3.57. The van der Waals surface area contributed by atoms with Gasteiger partial charge in [-0.3, -0.25) is 0 Å². The molecule has 2 atom stereocenters. The number of oxazole rings is 1. The number of hydrogen-bond donors (Lipinski definition) is 0. The molecule has 36 heavy (non-hydrogen) atoms. The van der Waals surface area contributed by atoms with Crippen molar-refractivity contribution in [3.63, 3.8) is 0 Å². The number of benzene rings is 1. The summed E-state index contributed by atoms with van der Waals surface area (Å²) in [5.74, 6) is 2.91. The number of alkyl halides is 3. The number of unbranched alkanes of at least 4 members (excludes halogenated alkanes) is 1. The number of hydrogen-bond acceptors (Lipinski definition) is 7. The van der Waals surface area contributed by atoms with Crippen LogP contribution in [0.15, 0.2) is 40.2 Å². The summed E-state index contributed by atoms with van der Waals surface area (Å²) in [6.45, 7) is 5.90. The fourth-order valence-electron chi connectivity index (χ4n) is 5.33. The van der Waals surface area contributed by atoms with E-state index in [2.05, 4.69) is 25.0 Å². The van der Waals surface area contributed by atoms with Crippen molar-refractivity contribution in [1.29, 1.82) is 0 Å². The normalized spacial score (nSPS) is 20.8. The summed E-state index contributed by atoms with van der Waals surface area (Å²) in [6.07, 6.45) is 1.56. The van der Waals surface area contributed by atoms with E-state index in [1.807, 2.05) is 18.5 Å². The van der Waals surface area contributed by atoms with E-state index >= 15 is 0 Å². The predicted octanol–water partition coefficient (Wildman–Crippen LogP) is 5.27. The number of anilines is 1. The molecule has 0 N–H and O–H groups in total. The van der Waals surface area contributed by atoms with Gasteiger partial charge in [0.1, 0.15) is 0 Å². The Bertz CT molecular complexity index is 1160. The lowest BCUT2D eigenvalue weighted by atomic mass is 9.92. The van der Waals surface area contributed by atoms with E-state index in [1.165, 1.54) is 18.5 Å². The lowest BCUT2D eigenvalue weighted by Crippen LogP contribution is -2.48. The van der Waals surface area contributed by atoms with Gasteiger partial charge in [-0.2, -0.15) is 13.2 Å². The topological polar surface area (TPSA) is 63.2 Å². The van der Waals surface area contributed by atoms with E-state index in [0.717, 1.165) is 74.2 Å². The zero-order chi connectivity index (χ0) is 25.3. The number of thioether (sulfide) groups is 1. The lowest BCUT2D eigenvalue weighted by Gasteiger charge is -2.39. The summed E-state index contributed by atoms with van der Waals surface area (Å²) in [7, 11) is 1.94. The first-order chi connectivity index (χ1) is 17.3. The van der Waals surface area contributed by atoms with Gasteiger partial charge in [-0.05, 0) is 75.9 Å². The summed E-state index contributed by atoms with van der Waals surface area (Å²) in [6, 6.07) is 6.04. The van der Waals surface area contributed by atoms with Crippen molar-refractivity contribution in [3.8, 4) is 11.6 Å². The van der Waals surface area contributed by atoms with Crippen LogP contribution in [0.4, 0.5) is 18.9 Å². The lowest BCUT2D eigenvalue weighted by molar-refractivity contribution is -0.137. The highest BCUT2D eigenvalue weighted by atomic mass is 32.2. The first-order valence-corrected chi connectivity index (χ1v) is 13.4. The van der Waals surface area contributed by atoms with Crippen molar-refractivity contribution in [3.05, 3.63) is 41.9 Å². The molecule has 11 heteroatoms. The second-order valence-electron chi connectivity index (χ2n) is 9.63. The molecule has 7 nitrogen and oxygen atoms in total. The van der Waals surface area contributed by atoms with Crippen molar-refractivity contribution in [2.75, 3.05) is 36.8 Å². The second kappa shape index (κ2) is 10.5. The number of piperidine rings is 1. The van der Waals surface area contributed by atoms with E-state index in [9.17, 15) is 13.2 Å². The highest BCUT2D eigenvalue weighted by molar-refractivity contribution is 7.99. The van der Waals surface area contributed by atoms with Crippen LogP contribution in [-0.2, 0) is 13.2 Å². The van der Waals surface area contributed by atoms with Crippen molar-refractivity contribution in [2.45, 2.75) is 50.0 Å². The van der Waals surface area contributed by atoms with E-state index in [0.29, 0.717) is 23.5 Å². The molecular formula is C25H31F3N6OS. The fourth-order valence-corrected chi connectivity index (χ4v) is 6.24. The van der Waals surface area contributed by atoms with Gasteiger partial charge in [0.15, 0.2) is 17.3 Å². The van der Waals surface area contributed by atoms with Gasteiger partial charge in [0, 0.05) is 37.6 Å². The minimum Gasteiger partial charge on any atom is -0.440 e. The van der Waals surface area contributed by atoms with Gasteiger partial charge in [-0.1, -0.05) is 11.8 Å². The van der Waals surface area contributed by atoms with Gasteiger partial charge in [0.05, 0.1) is 11.3 Å². The Balaban J connectivity index is 1.09. The van der Waals surface area contributed by atoms with Crippen LogP contribution in [0.25, 0.3) is 11.6 Å². The minimum absolute atomic E-state index is 0.376. The molecule has 0 bridgehead atoms. The van der Waals surface area contributed by atoms with Crippen molar-refractivity contribution in [1.82, 2.24) is 24.6 Å². The molecule has 3 aromatic rings. The predicted molar refractivity (Wildman–Crippen MR) is 133 cm³/mol. The molecule has 0 aliphatic carbocycles. The number of rotatable bonds is 8. The number of halogens is 3. The molecule has 4 heterocycles. The summed E-state index contributed by atoms with van der Waals surface area (Å²) in [5, 5.41) is 9.42. The van der Waals surface area contributed by atoms with Crippen molar-refractivity contribution in [2.24, 2.45) is 13.0 Å². The maximum absolute atomic E-state index is 12.9. The monoisotopic (exact) mass is 520 g/mol. The van der Waals surface area contributed by atoms with E-state index in [-0.39, 0.29) is 0 Å². The third-order valence-electron chi connectivity index (χ3n) is 7.36. The Labute approximate surface area is 213 Å². The fraction of sp³-hybridized carbons (Fsp3) is 0.560. The average molecular weight is 521 g/mol. The van der Waals surface area contributed by atoms with Gasteiger partial charge in [0.2, 0.25) is 5.82 Å². The molecule has 0 amide bonds. The highest BCUT2D eigenvalue weighted by Gasteiger charge is 2.38. The third-order valence-corrected chi connectivity index (χ3v) is 8.46. The van der Waals surface area contributed by atoms with Crippen LogP contribution >= 0.6 is 11.8 Å². The minimum atomic E-state index is -4.29. The molecular weight excluding hydrogens is 489 g/mol. The van der Waals surface area contributed by atoms with Gasteiger partial charge >= 0.3 is 6.18 Å². The van der Waals surface area contributed by atoms with Crippen LogP contribution in [0.5, 0.6) is 0 Å². The highest BCUT2D eigenvalue weighted by Crippen LogP contribution is 2.37. The maximum Gasteiger partial charge on any atom is 0.416 e. The van der Waals surface area contributed by atoms with Crippen LogP contribution < -0.4 is 4.90 Å². The van der Waals surface area contributed by atoms with E-state index in [1.54, 1.807) is 23.9 Å². The number of aryl methyl sites for hydroxylation is 1. The number of likely N-dealkylation sites (tertiary alicyclic amines) is 1. The summed E-state index contributed by atoms with van der Waals surface area (Å²) < 4.78 is 46.2. The van der Waals surface area contributed by atoms with Crippen LogP contribution in [0, 0.1) is 12.8 Å². The standard InChI is InChI=1S/C25H31F3N6OS/c1-17-22(35-16-29-17)23-30-31-24(32(23)2)36-14-4-3-11-33-12-9-18-10-13-34(21(18)15-33)20-7-5-19(6-8-20)25(26,27)28/h5-8,16,18,21H,3-4,9-15H2,1-2H3. The molecule has 2 unspecified atom stereocenters. The summed E-state index contributed by atoms with van der Waals surface area (Å²) in [5.41, 5.74) is 1.11. The molecule has 2 aliphatic heterocycles. The number of fused-ring (bicyclic) bond motifs is 1. The Morgan fingerprint density at radius 3 is 2.58 bits per heavy atom. The summed E-state index contributed by atoms with van der Waals surface area (Å²) in [4.78, 5) is 8.95. The van der Waals surface area contributed by atoms with Gasteiger partial charge < -0.3 is 18.8 Å². The number of aromatic nitrogens is 4. The largest absolute Gasteiger partial charge is 0.440 e. The van der Waals surface area contributed by atoms with Crippen LogP contribution in [0.2, 0.25) is 0 Å². The Morgan fingerprint density at radius 1 is 1.08 bits per heavy atom. The first-order valence-electron chi connectivity index (χ1n) is 12.4. The zero-order valence-electron chi connectivity index (χ0n) is 20.5. The molecule has 0 saturated carbocycles. The molecule has 2 saturated heterocycles. The molecule has 2 aliphatic rings. The van der Waals surface area contributed by atoms with Gasteiger partial charge in [-0.15, -0.1) is 10.2 Å². The third kappa shape index (κ3) is 5.27. The number of nitrogens with zero attached hydrogens (tertiary/aromatic N) is 6. The first kappa shape index (κ1) is 25.1. The molecule has 0 radical (unpaired) electrons. The van der Waals surface area contributed by atoms with Crippen LogP contribution in [-0.4, -0.2) is 62.6 Å². The smallest absolute Gasteiger partial charge is 0.416 e. The Hall–Kier alpha value is -2.53.